The minimum absolute atomic E-state index is 0.102. The highest BCUT2D eigenvalue weighted by Gasteiger charge is 2.29. The molecule has 2 atom stereocenters. The van der Waals surface area contributed by atoms with Gasteiger partial charge >= 0.3 is 5.97 Å². The van der Waals surface area contributed by atoms with Crippen LogP contribution in [-0.4, -0.2) is 35.1 Å². The summed E-state index contributed by atoms with van der Waals surface area (Å²) in [7, 11) is 0. The summed E-state index contributed by atoms with van der Waals surface area (Å²) in [6, 6.07) is 0.509. The molecule has 0 spiro atoms. The molecule has 2 unspecified atom stereocenters. The summed E-state index contributed by atoms with van der Waals surface area (Å²) in [5.74, 6) is -0.701. The van der Waals surface area contributed by atoms with Crippen molar-refractivity contribution >= 4 is 5.97 Å². The molecule has 1 rings (SSSR count). The second-order valence-electron chi connectivity index (χ2n) is 4.89. The van der Waals surface area contributed by atoms with E-state index >= 15 is 0 Å². The molecule has 0 aromatic rings. The van der Waals surface area contributed by atoms with Crippen LogP contribution in [0.15, 0.2) is 0 Å². The van der Waals surface area contributed by atoms with Crippen molar-refractivity contribution in [2.45, 2.75) is 58.4 Å². The Bertz CT molecular complexity index is 212. The van der Waals surface area contributed by atoms with E-state index in [0.717, 1.165) is 45.2 Å². The van der Waals surface area contributed by atoms with Gasteiger partial charge in [-0.1, -0.05) is 20.3 Å². The predicted molar refractivity (Wildman–Crippen MR) is 65.5 cm³/mol. The number of carbonyl (C=O) groups is 1. The first kappa shape index (κ1) is 13.5. The van der Waals surface area contributed by atoms with Gasteiger partial charge in [-0.3, -0.25) is 4.79 Å². The fraction of sp³-hybridized carbons (Fsp3) is 0.923. The van der Waals surface area contributed by atoms with Crippen LogP contribution >= 0.6 is 0 Å². The van der Waals surface area contributed by atoms with E-state index in [1.165, 1.54) is 6.42 Å². The van der Waals surface area contributed by atoms with E-state index in [-0.39, 0.29) is 5.92 Å². The zero-order valence-corrected chi connectivity index (χ0v) is 10.6. The first-order valence-electron chi connectivity index (χ1n) is 6.65. The first-order valence-corrected chi connectivity index (χ1v) is 6.65. The van der Waals surface area contributed by atoms with Gasteiger partial charge in [-0.2, -0.15) is 0 Å². The highest BCUT2D eigenvalue weighted by molar-refractivity contribution is 5.70. The molecular weight excluding hydrogens is 202 g/mol. The summed E-state index contributed by atoms with van der Waals surface area (Å²) < 4.78 is 0. The normalized spacial score (nSPS) is 25.9. The van der Waals surface area contributed by atoms with E-state index in [1.807, 2.05) is 0 Å². The van der Waals surface area contributed by atoms with Crippen LogP contribution in [0.4, 0.5) is 0 Å². The first-order chi connectivity index (χ1) is 7.69. The average Bonchev–Trinajstić information content (AvgIpc) is 2.29. The summed E-state index contributed by atoms with van der Waals surface area (Å²) in [5, 5.41) is 9.08. The molecular formula is C13H25NO2. The third kappa shape index (κ3) is 3.78. The Morgan fingerprint density at radius 2 is 1.88 bits per heavy atom. The van der Waals surface area contributed by atoms with Crippen LogP contribution in [0.25, 0.3) is 0 Å². The van der Waals surface area contributed by atoms with Crippen LogP contribution in [0, 0.1) is 5.92 Å². The summed E-state index contributed by atoms with van der Waals surface area (Å²) in [4.78, 5) is 13.5. The number of carboxylic acid groups (broad SMARTS) is 1. The molecule has 1 aliphatic rings. The zero-order chi connectivity index (χ0) is 12.0. The van der Waals surface area contributed by atoms with Crippen molar-refractivity contribution in [3.05, 3.63) is 0 Å². The van der Waals surface area contributed by atoms with Gasteiger partial charge in [0.25, 0.3) is 0 Å². The van der Waals surface area contributed by atoms with Gasteiger partial charge in [0.05, 0.1) is 5.92 Å². The minimum Gasteiger partial charge on any atom is -0.481 e. The smallest absolute Gasteiger partial charge is 0.306 e. The molecule has 1 aliphatic carbocycles. The Morgan fingerprint density at radius 3 is 2.38 bits per heavy atom. The molecule has 16 heavy (non-hydrogen) atoms. The molecule has 0 aliphatic heterocycles. The monoisotopic (exact) mass is 227 g/mol. The lowest BCUT2D eigenvalue weighted by Crippen LogP contribution is -2.41. The molecule has 0 amide bonds. The van der Waals surface area contributed by atoms with Crippen LogP contribution in [0.3, 0.4) is 0 Å². The second-order valence-corrected chi connectivity index (χ2v) is 4.89. The standard InChI is InChI=1S/C13H25NO2/c1-3-8-14(9-4-2)12-7-5-6-11(10-12)13(15)16/h11-12H,3-10H2,1-2H3,(H,15,16). The largest absolute Gasteiger partial charge is 0.481 e. The maximum absolute atomic E-state index is 11.0. The van der Waals surface area contributed by atoms with Gasteiger partial charge in [-0.15, -0.1) is 0 Å². The second kappa shape index (κ2) is 6.89. The molecule has 1 N–H and O–H groups in total. The van der Waals surface area contributed by atoms with Gasteiger partial charge in [0.15, 0.2) is 0 Å². The van der Waals surface area contributed by atoms with Crippen molar-refractivity contribution in [1.29, 1.82) is 0 Å². The fourth-order valence-electron chi connectivity index (χ4n) is 2.77. The summed E-state index contributed by atoms with van der Waals surface area (Å²) >= 11 is 0. The SMILES string of the molecule is CCCN(CCC)C1CCCC(C(=O)O)C1. The van der Waals surface area contributed by atoms with Gasteiger partial charge in [-0.05, 0) is 45.2 Å². The Morgan fingerprint density at radius 1 is 1.25 bits per heavy atom. The Kier molecular flexibility index (Phi) is 5.81. The van der Waals surface area contributed by atoms with Gasteiger partial charge in [0, 0.05) is 6.04 Å². The quantitative estimate of drug-likeness (QED) is 0.758. The lowest BCUT2D eigenvalue weighted by molar-refractivity contribution is -0.143. The minimum atomic E-state index is -0.599. The Labute approximate surface area is 98.8 Å². The lowest BCUT2D eigenvalue weighted by atomic mass is 9.85. The molecule has 1 fully saturated rings. The molecule has 0 bridgehead atoms. The molecule has 3 heteroatoms. The molecule has 1 saturated carbocycles. The van der Waals surface area contributed by atoms with Crippen molar-refractivity contribution in [3.8, 4) is 0 Å². The molecule has 3 nitrogen and oxygen atoms in total. The van der Waals surface area contributed by atoms with E-state index < -0.39 is 5.97 Å². The Balaban J connectivity index is 2.51. The van der Waals surface area contributed by atoms with E-state index in [4.69, 9.17) is 5.11 Å². The predicted octanol–water partition coefficient (Wildman–Crippen LogP) is 2.75. The molecule has 0 saturated heterocycles. The van der Waals surface area contributed by atoms with Gasteiger partial charge in [0.2, 0.25) is 0 Å². The number of aliphatic carboxylic acids is 1. The highest BCUT2D eigenvalue weighted by Crippen LogP contribution is 2.28. The molecule has 0 heterocycles. The number of rotatable bonds is 6. The average molecular weight is 227 g/mol. The summed E-state index contributed by atoms with van der Waals surface area (Å²) in [5.41, 5.74) is 0. The summed E-state index contributed by atoms with van der Waals surface area (Å²) in [6.45, 7) is 6.62. The maximum atomic E-state index is 11.0. The van der Waals surface area contributed by atoms with Crippen LogP contribution in [0.5, 0.6) is 0 Å². The van der Waals surface area contributed by atoms with E-state index in [2.05, 4.69) is 18.7 Å². The third-order valence-corrected chi connectivity index (χ3v) is 3.53. The number of hydrogen-bond donors (Lipinski definition) is 1. The van der Waals surface area contributed by atoms with Gasteiger partial charge in [0.1, 0.15) is 0 Å². The molecule has 0 radical (unpaired) electrons. The van der Waals surface area contributed by atoms with Crippen LogP contribution < -0.4 is 0 Å². The number of carboxylic acids is 1. The van der Waals surface area contributed by atoms with E-state index in [1.54, 1.807) is 0 Å². The van der Waals surface area contributed by atoms with Gasteiger partial charge < -0.3 is 10.0 Å². The van der Waals surface area contributed by atoms with Crippen molar-refractivity contribution in [2.24, 2.45) is 5.92 Å². The van der Waals surface area contributed by atoms with Crippen molar-refractivity contribution in [3.63, 3.8) is 0 Å². The molecule has 94 valence electrons. The van der Waals surface area contributed by atoms with Crippen LogP contribution in [-0.2, 0) is 4.79 Å². The maximum Gasteiger partial charge on any atom is 0.306 e. The topological polar surface area (TPSA) is 40.5 Å². The Hall–Kier alpha value is -0.570. The van der Waals surface area contributed by atoms with Crippen molar-refractivity contribution in [1.82, 2.24) is 4.90 Å². The molecule has 0 aromatic heterocycles. The van der Waals surface area contributed by atoms with E-state index in [0.29, 0.717) is 6.04 Å². The number of nitrogens with zero attached hydrogens (tertiary/aromatic N) is 1. The fourth-order valence-corrected chi connectivity index (χ4v) is 2.77. The zero-order valence-electron chi connectivity index (χ0n) is 10.6. The van der Waals surface area contributed by atoms with Crippen LogP contribution in [0.2, 0.25) is 0 Å². The lowest BCUT2D eigenvalue weighted by Gasteiger charge is -2.36. The molecule has 0 aromatic carbocycles. The highest BCUT2D eigenvalue weighted by atomic mass is 16.4. The summed E-state index contributed by atoms with van der Waals surface area (Å²) in [6.07, 6.45) is 6.31. The number of hydrogen-bond acceptors (Lipinski definition) is 2. The van der Waals surface area contributed by atoms with Gasteiger partial charge in [-0.25, -0.2) is 0 Å². The van der Waals surface area contributed by atoms with Crippen LogP contribution in [0.1, 0.15) is 52.4 Å². The third-order valence-electron chi connectivity index (χ3n) is 3.53. The van der Waals surface area contributed by atoms with E-state index in [9.17, 15) is 4.79 Å². The van der Waals surface area contributed by atoms with Crippen molar-refractivity contribution in [2.75, 3.05) is 13.1 Å². The van der Waals surface area contributed by atoms with Crippen molar-refractivity contribution < 1.29 is 9.90 Å².